The Kier molecular flexibility index (Phi) is 4.12. The van der Waals surface area contributed by atoms with Crippen LogP contribution in [-0.4, -0.2) is 17.1 Å². The minimum atomic E-state index is -0.852. The number of carbonyl (C=O) groups is 1. The van der Waals surface area contributed by atoms with Gasteiger partial charge in [-0.05, 0) is 31.0 Å². The average molecular weight is 228 g/mol. The third kappa shape index (κ3) is 3.53. The van der Waals surface area contributed by atoms with Gasteiger partial charge < -0.3 is 10.8 Å². The molecule has 2 unspecified atom stereocenters. The van der Waals surface area contributed by atoms with Crippen LogP contribution in [0.5, 0.6) is 0 Å². The molecule has 0 heterocycles. The largest absolute Gasteiger partial charge is 0.481 e. The molecule has 82 valence electrons. The summed E-state index contributed by atoms with van der Waals surface area (Å²) >= 11 is 5.73. The van der Waals surface area contributed by atoms with Crippen LogP contribution in [0.4, 0.5) is 0 Å². The van der Waals surface area contributed by atoms with Crippen molar-refractivity contribution >= 4 is 17.6 Å². The smallest absolute Gasteiger partial charge is 0.311 e. The van der Waals surface area contributed by atoms with Crippen LogP contribution in [0.15, 0.2) is 24.3 Å². The maximum Gasteiger partial charge on any atom is 0.311 e. The van der Waals surface area contributed by atoms with Gasteiger partial charge in [-0.15, -0.1) is 0 Å². The standard InChI is InChI=1S/C11H14ClNO2/c1-7(13)6-10(11(14)15)8-2-4-9(12)5-3-8/h2-5,7,10H,6,13H2,1H3,(H,14,15). The molecule has 0 fully saturated rings. The number of carboxylic acid groups (broad SMARTS) is 1. The van der Waals surface area contributed by atoms with Crippen molar-refractivity contribution < 1.29 is 9.90 Å². The quantitative estimate of drug-likeness (QED) is 0.829. The number of carboxylic acids is 1. The molecular weight excluding hydrogens is 214 g/mol. The molecule has 3 nitrogen and oxygen atoms in total. The summed E-state index contributed by atoms with van der Waals surface area (Å²) < 4.78 is 0. The fraction of sp³-hybridized carbons (Fsp3) is 0.364. The Morgan fingerprint density at radius 1 is 1.47 bits per heavy atom. The van der Waals surface area contributed by atoms with Gasteiger partial charge in [-0.1, -0.05) is 23.7 Å². The summed E-state index contributed by atoms with van der Waals surface area (Å²) in [4.78, 5) is 11.0. The minimum Gasteiger partial charge on any atom is -0.481 e. The molecule has 0 saturated carbocycles. The van der Waals surface area contributed by atoms with Gasteiger partial charge in [0.2, 0.25) is 0 Å². The fourth-order valence-electron chi connectivity index (χ4n) is 1.45. The predicted molar refractivity (Wildman–Crippen MR) is 60.1 cm³/mol. The fourth-order valence-corrected chi connectivity index (χ4v) is 1.57. The number of hydrogen-bond acceptors (Lipinski definition) is 2. The van der Waals surface area contributed by atoms with E-state index >= 15 is 0 Å². The number of aliphatic carboxylic acids is 1. The zero-order valence-electron chi connectivity index (χ0n) is 8.48. The summed E-state index contributed by atoms with van der Waals surface area (Å²) in [6, 6.07) is 6.69. The van der Waals surface area contributed by atoms with Gasteiger partial charge in [0.1, 0.15) is 0 Å². The molecule has 0 bridgehead atoms. The zero-order chi connectivity index (χ0) is 11.4. The molecule has 4 heteroatoms. The van der Waals surface area contributed by atoms with E-state index in [9.17, 15) is 4.79 Å². The Morgan fingerprint density at radius 2 is 2.00 bits per heavy atom. The summed E-state index contributed by atoms with van der Waals surface area (Å²) in [5, 5.41) is 9.66. The van der Waals surface area contributed by atoms with Crippen molar-refractivity contribution in [3.63, 3.8) is 0 Å². The van der Waals surface area contributed by atoms with Gasteiger partial charge in [-0.25, -0.2) is 0 Å². The van der Waals surface area contributed by atoms with E-state index in [0.29, 0.717) is 11.4 Å². The van der Waals surface area contributed by atoms with Crippen LogP contribution in [0.2, 0.25) is 5.02 Å². The molecule has 1 aromatic carbocycles. The van der Waals surface area contributed by atoms with E-state index in [0.717, 1.165) is 5.56 Å². The van der Waals surface area contributed by atoms with Gasteiger partial charge >= 0.3 is 5.97 Å². The van der Waals surface area contributed by atoms with Gasteiger partial charge in [-0.2, -0.15) is 0 Å². The van der Waals surface area contributed by atoms with E-state index in [4.69, 9.17) is 22.4 Å². The van der Waals surface area contributed by atoms with Crippen LogP contribution < -0.4 is 5.73 Å². The lowest BCUT2D eigenvalue weighted by molar-refractivity contribution is -0.139. The molecule has 0 aromatic heterocycles. The zero-order valence-corrected chi connectivity index (χ0v) is 9.24. The molecule has 0 spiro atoms. The van der Waals surface area contributed by atoms with Crippen molar-refractivity contribution in [1.82, 2.24) is 0 Å². The Hall–Kier alpha value is -1.06. The van der Waals surface area contributed by atoms with Gasteiger partial charge in [0.15, 0.2) is 0 Å². The first kappa shape index (κ1) is 12.0. The van der Waals surface area contributed by atoms with Gasteiger partial charge in [-0.3, -0.25) is 4.79 Å². The van der Waals surface area contributed by atoms with Crippen molar-refractivity contribution in [2.24, 2.45) is 5.73 Å². The molecule has 0 amide bonds. The van der Waals surface area contributed by atoms with E-state index in [-0.39, 0.29) is 6.04 Å². The van der Waals surface area contributed by atoms with E-state index in [1.165, 1.54) is 0 Å². The number of halogens is 1. The van der Waals surface area contributed by atoms with Crippen molar-refractivity contribution in [2.45, 2.75) is 25.3 Å². The maximum absolute atomic E-state index is 11.0. The van der Waals surface area contributed by atoms with E-state index < -0.39 is 11.9 Å². The molecular formula is C11H14ClNO2. The van der Waals surface area contributed by atoms with Crippen LogP contribution in [0.1, 0.15) is 24.8 Å². The van der Waals surface area contributed by atoms with E-state index in [2.05, 4.69) is 0 Å². The highest BCUT2D eigenvalue weighted by atomic mass is 35.5. The highest BCUT2D eigenvalue weighted by Crippen LogP contribution is 2.22. The van der Waals surface area contributed by atoms with Crippen molar-refractivity contribution in [3.05, 3.63) is 34.9 Å². The normalized spacial score (nSPS) is 14.6. The molecule has 0 aliphatic rings. The van der Waals surface area contributed by atoms with E-state index in [1.54, 1.807) is 31.2 Å². The number of hydrogen-bond donors (Lipinski definition) is 2. The lowest BCUT2D eigenvalue weighted by atomic mass is 9.93. The second kappa shape index (κ2) is 5.14. The van der Waals surface area contributed by atoms with Crippen LogP contribution in [0.3, 0.4) is 0 Å². The molecule has 15 heavy (non-hydrogen) atoms. The van der Waals surface area contributed by atoms with Gasteiger partial charge in [0.25, 0.3) is 0 Å². The van der Waals surface area contributed by atoms with Crippen LogP contribution in [0.25, 0.3) is 0 Å². The molecule has 0 saturated heterocycles. The Labute approximate surface area is 93.9 Å². The topological polar surface area (TPSA) is 63.3 Å². The highest BCUT2D eigenvalue weighted by molar-refractivity contribution is 6.30. The Morgan fingerprint density at radius 3 is 2.40 bits per heavy atom. The van der Waals surface area contributed by atoms with Gasteiger partial charge in [0.05, 0.1) is 5.92 Å². The SMILES string of the molecule is CC(N)CC(C(=O)O)c1ccc(Cl)cc1. The van der Waals surface area contributed by atoms with Crippen molar-refractivity contribution in [1.29, 1.82) is 0 Å². The first-order valence-corrected chi connectivity index (χ1v) is 5.12. The Balaban J connectivity index is 2.89. The first-order valence-electron chi connectivity index (χ1n) is 4.74. The summed E-state index contributed by atoms with van der Waals surface area (Å²) in [6.45, 7) is 1.80. The Bertz CT molecular complexity index is 335. The third-order valence-electron chi connectivity index (χ3n) is 2.18. The number of benzene rings is 1. The van der Waals surface area contributed by atoms with Crippen LogP contribution in [-0.2, 0) is 4.79 Å². The average Bonchev–Trinajstić information content (AvgIpc) is 2.15. The highest BCUT2D eigenvalue weighted by Gasteiger charge is 2.20. The van der Waals surface area contributed by atoms with Crippen LogP contribution in [0, 0.1) is 0 Å². The summed E-state index contributed by atoms with van der Waals surface area (Å²) in [7, 11) is 0. The maximum atomic E-state index is 11.0. The molecule has 2 atom stereocenters. The predicted octanol–water partition coefficient (Wildman–Crippen LogP) is 2.25. The molecule has 0 aliphatic carbocycles. The second-order valence-corrected chi connectivity index (χ2v) is 4.09. The van der Waals surface area contributed by atoms with Gasteiger partial charge in [0, 0.05) is 11.1 Å². The van der Waals surface area contributed by atoms with Crippen molar-refractivity contribution in [3.8, 4) is 0 Å². The number of rotatable bonds is 4. The monoisotopic (exact) mass is 227 g/mol. The second-order valence-electron chi connectivity index (χ2n) is 3.66. The molecule has 1 rings (SSSR count). The summed E-state index contributed by atoms with van der Waals surface area (Å²) in [5.41, 5.74) is 6.35. The third-order valence-corrected chi connectivity index (χ3v) is 2.43. The molecule has 3 N–H and O–H groups in total. The summed E-state index contributed by atoms with van der Waals surface area (Å²) in [5.74, 6) is -1.41. The van der Waals surface area contributed by atoms with Crippen LogP contribution >= 0.6 is 11.6 Å². The van der Waals surface area contributed by atoms with E-state index in [1.807, 2.05) is 0 Å². The number of nitrogens with two attached hydrogens (primary N) is 1. The lowest BCUT2D eigenvalue weighted by Crippen LogP contribution is -2.23. The summed E-state index contributed by atoms with van der Waals surface area (Å²) in [6.07, 6.45) is 0.428. The lowest BCUT2D eigenvalue weighted by Gasteiger charge is -2.14. The molecule has 0 aliphatic heterocycles. The molecule has 0 radical (unpaired) electrons. The minimum absolute atomic E-state index is 0.137. The molecule has 1 aromatic rings. The van der Waals surface area contributed by atoms with Crippen molar-refractivity contribution in [2.75, 3.05) is 0 Å². The first-order chi connectivity index (χ1) is 7.00.